The topological polar surface area (TPSA) is 47.8 Å². The van der Waals surface area contributed by atoms with Crippen LogP contribution in [0.1, 0.15) is 23.0 Å². The Balaban J connectivity index is 1.78. The number of carbonyl (C=O) groups excluding carboxylic acids is 1. The lowest BCUT2D eigenvalue weighted by molar-refractivity contribution is 0.0992. The van der Waals surface area contributed by atoms with E-state index in [0.29, 0.717) is 6.42 Å². The van der Waals surface area contributed by atoms with E-state index in [1.165, 1.54) is 0 Å². The summed E-state index contributed by atoms with van der Waals surface area (Å²) in [6.07, 6.45) is 3.94. The van der Waals surface area contributed by atoms with Crippen LogP contribution in [0.15, 0.2) is 48.2 Å². The molecular weight excluding hydrogens is 282 g/mol. The number of carbonyl (C=O) groups is 1. The second kappa shape index (κ2) is 6.01. The van der Waals surface area contributed by atoms with Gasteiger partial charge in [-0.15, -0.1) is 11.3 Å². The van der Waals surface area contributed by atoms with Gasteiger partial charge in [0.1, 0.15) is 5.01 Å². The zero-order valence-corrected chi connectivity index (χ0v) is 12.5. The molecule has 0 atom stereocenters. The van der Waals surface area contributed by atoms with Crippen LogP contribution in [0, 0.1) is 0 Å². The van der Waals surface area contributed by atoms with E-state index >= 15 is 0 Å². The van der Waals surface area contributed by atoms with Gasteiger partial charge in [-0.2, -0.15) is 0 Å². The molecule has 0 radical (unpaired) electrons. The minimum absolute atomic E-state index is 0.0939. The molecule has 5 heteroatoms. The van der Waals surface area contributed by atoms with Crippen LogP contribution in [-0.4, -0.2) is 20.3 Å². The quantitative estimate of drug-likeness (QED) is 0.678. The molecule has 3 rings (SSSR count). The SMILES string of the molecule is CCn1cncc1-c1nc(CC(=O)c2ccccc2)cs1. The Hall–Kier alpha value is -2.27. The first-order valence-corrected chi connectivity index (χ1v) is 7.69. The van der Waals surface area contributed by atoms with Gasteiger partial charge in [0.15, 0.2) is 5.78 Å². The molecule has 4 nitrogen and oxygen atoms in total. The van der Waals surface area contributed by atoms with E-state index in [0.717, 1.165) is 28.5 Å². The largest absolute Gasteiger partial charge is 0.329 e. The molecule has 0 spiro atoms. The number of imidazole rings is 1. The average molecular weight is 297 g/mol. The van der Waals surface area contributed by atoms with Crippen molar-refractivity contribution in [1.82, 2.24) is 14.5 Å². The highest BCUT2D eigenvalue weighted by atomic mass is 32.1. The number of ketones is 1. The minimum Gasteiger partial charge on any atom is -0.329 e. The van der Waals surface area contributed by atoms with E-state index in [4.69, 9.17) is 0 Å². The molecule has 0 saturated carbocycles. The molecule has 0 saturated heterocycles. The van der Waals surface area contributed by atoms with Crippen molar-refractivity contribution < 1.29 is 4.79 Å². The van der Waals surface area contributed by atoms with Crippen LogP contribution in [-0.2, 0) is 13.0 Å². The van der Waals surface area contributed by atoms with Gasteiger partial charge in [0.25, 0.3) is 0 Å². The van der Waals surface area contributed by atoms with E-state index < -0.39 is 0 Å². The Morgan fingerprint density at radius 3 is 2.86 bits per heavy atom. The molecule has 3 aromatic rings. The molecule has 0 fully saturated rings. The summed E-state index contributed by atoms with van der Waals surface area (Å²) in [7, 11) is 0. The third-order valence-electron chi connectivity index (χ3n) is 3.26. The number of hydrogen-bond donors (Lipinski definition) is 0. The fraction of sp³-hybridized carbons (Fsp3) is 0.188. The normalized spacial score (nSPS) is 10.7. The number of benzene rings is 1. The number of aromatic nitrogens is 3. The van der Waals surface area contributed by atoms with Crippen molar-refractivity contribution in [2.24, 2.45) is 0 Å². The molecule has 0 aliphatic rings. The van der Waals surface area contributed by atoms with Crippen molar-refractivity contribution in [2.45, 2.75) is 19.9 Å². The van der Waals surface area contributed by atoms with Crippen molar-refractivity contribution in [1.29, 1.82) is 0 Å². The molecule has 2 heterocycles. The third kappa shape index (κ3) is 2.92. The van der Waals surface area contributed by atoms with Gasteiger partial charge in [-0.3, -0.25) is 4.79 Å². The second-order valence-electron chi connectivity index (χ2n) is 4.67. The number of rotatable bonds is 5. The average Bonchev–Trinajstić information content (AvgIpc) is 3.16. The molecule has 0 bridgehead atoms. The summed E-state index contributed by atoms with van der Waals surface area (Å²) < 4.78 is 2.04. The van der Waals surface area contributed by atoms with Crippen LogP contribution in [0.3, 0.4) is 0 Å². The number of aryl methyl sites for hydroxylation is 1. The summed E-state index contributed by atoms with van der Waals surface area (Å²) in [4.78, 5) is 20.9. The zero-order valence-electron chi connectivity index (χ0n) is 11.7. The van der Waals surface area contributed by atoms with Crippen LogP contribution in [0.2, 0.25) is 0 Å². The number of thiazole rings is 1. The van der Waals surface area contributed by atoms with Gasteiger partial charge in [-0.25, -0.2) is 9.97 Å². The number of Topliss-reactive ketones (excluding diaryl/α,β-unsaturated/α-hetero) is 1. The van der Waals surface area contributed by atoms with Crippen molar-refractivity contribution in [2.75, 3.05) is 0 Å². The summed E-state index contributed by atoms with van der Waals surface area (Å²) >= 11 is 1.55. The molecular formula is C16H15N3OS. The predicted molar refractivity (Wildman–Crippen MR) is 83.5 cm³/mol. The first kappa shape index (κ1) is 13.7. The lowest BCUT2D eigenvalue weighted by Gasteiger charge is -2.01. The highest BCUT2D eigenvalue weighted by Gasteiger charge is 2.12. The van der Waals surface area contributed by atoms with E-state index in [9.17, 15) is 4.79 Å². The maximum Gasteiger partial charge on any atom is 0.168 e. The first-order valence-electron chi connectivity index (χ1n) is 6.81. The van der Waals surface area contributed by atoms with Crippen LogP contribution in [0.5, 0.6) is 0 Å². The summed E-state index contributed by atoms with van der Waals surface area (Å²) in [5, 5.41) is 2.86. The van der Waals surface area contributed by atoms with Gasteiger partial charge in [-0.1, -0.05) is 30.3 Å². The van der Waals surface area contributed by atoms with Gasteiger partial charge >= 0.3 is 0 Å². The lowest BCUT2D eigenvalue weighted by Crippen LogP contribution is -2.03. The molecule has 1 aromatic carbocycles. The van der Waals surface area contributed by atoms with Crippen molar-refractivity contribution in [3.63, 3.8) is 0 Å². The third-order valence-corrected chi connectivity index (χ3v) is 4.17. The summed E-state index contributed by atoms with van der Waals surface area (Å²) in [6.45, 7) is 2.92. The van der Waals surface area contributed by atoms with Gasteiger partial charge in [0.2, 0.25) is 0 Å². The van der Waals surface area contributed by atoms with Crippen LogP contribution in [0.25, 0.3) is 10.7 Å². The molecule has 0 N–H and O–H groups in total. The van der Waals surface area contributed by atoms with E-state index in [-0.39, 0.29) is 5.78 Å². The molecule has 0 unspecified atom stereocenters. The molecule has 106 valence electrons. The van der Waals surface area contributed by atoms with Gasteiger partial charge in [0.05, 0.1) is 30.3 Å². The van der Waals surface area contributed by atoms with Crippen LogP contribution < -0.4 is 0 Å². The Morgan fingerprint density at radius 1 is 1.29 bits per heavy atom. The Labute approximate surface area is 127 Å². The fourth-order valence-electron chi connectivity index (χ4n) is 2.15. The lowest BCUT2D eigenvalue weighted by atomic mass is 10.1. The van der Waals surface area contributed by atoms with Crippen LogP contribution in [0.4, 0.5) is 0 Å². The first-order chi connectivity index (χ1) is 10.3. The summed E-state index contributed by atoms with van der Waals surface area (Å²) in [6, 6.07) is 9.33. The van der Waals surface area contributed by atoms with Crippen LogP contribution >= 0.6 is 11.3 Å². The fourth-order valence-corrected chi connectivity index (χ4v) is 2.99. The van der Waals surface area contributed by atoms with Gasteiger partial charge in [0, 0.05) is 17.5 Å². The molecule has 0 aliphatic heterocycles. The summed E-state index contributed by atoms with van der Waals surface area (Å²) in [5.41, 5.74) is 2.54. The summed E-state index contributed by atoms with van der Waals surface area (Å²) in [5.74, 6) is 0.0939. The minimum atomic E-state index is 0.0939. The molecule has 0 amide bonds. The standard InChI is InChI=1S/C16H15N3OS/c1-2-19-11-17-9-14(19)16-18-13(10-21-16)8-15(20)12-6-4-3-5-7-12/h3-7,9-11H,2,8H2,1H3. The predicted octanol–water partition coefficient (Wildman–Crippen LogP) is 3.45. The monoisotopic (exact) mass is 297 g/mol. The molecule has 2 aromatic heterocycles. The van der Waals surface area contributed by atoms with Crippen molar-refractivity contribution in [3.05, 3.63) is 59.5 Å². The maximum absolute atomic E-state index is 12.2. The Morgan fingerprint density at radius 2 is 2.10 bits per heavy atom. The van der Waals surface area contributed by atoms with E-state index in [2.05, 4.69) is 16.9 Å². The molecule has 0 aliphatic carbocycles. The Kier molecular flexibility index (Phi) is 3.92. The maximum atomic E-state index is 12.2. The van der Waals surface area contributed by atoms with E-state index in [1.807, 2.05) is 46.5 Å². The van der Waals surface area contributed by atoms with Crippen molar-refractivity contribution in [3.8, 4) is 10.7 Å². The highest BCUT2D eigenvalue weighted by molar-refractivity contribution is 7.13. The highest BCUT2D eigenvalue weighted by Crippen LogP contribution is 2.24. The Bertz CT molecular complexity index is 746. The number of nitrogens with zero attached hydrogens (tertiary/aromatic N) is 3. The number of hydrogen-bond acceptors (Lipinski definition) is 4. The smallest absolute Gasteiger partial charge is 0.168 e. The van der Waals surface area contributed by atoms with E-state index in [1.54, 1.807) is 17.7 Å². The second-order valence-corrected chi connectivity index (χ2v) is 5.53. The molecule has 21 heavy (non-hydrogen) atoms. The van der Waals surface area contributed by atoms with Crippen molar-refractivity contribution >= 4 is 17.1 Å². The zero-order chi connectivity index (χ0) is 14.7. The van der Waals surface area contributed by atoms with Gasteiger partial charge < -0.3 is 4.57 Å². The van der Waals surface area contributed by atoms with Gasteiger partial charge in [-0.05, 0) is 6.92 Å².